The second kappa shape index (κ2) is 10.0. The summed E-state index contributed by atoms with van der Waals surface area (Å²) in [5.41, 5.74) is 2.73. The Morgan fingerprint density at radius 2 is 2.09 bits per heavy atom. The molecule has 2 aromatic carbocycles. The third-order valence-electron chi connectivity index (χ3n) is 6.24. The van der Waals surface area contributed by atoms with Gasteiger partial charge in [0, 0.05) is 31.3 Å². The van der Waals surface area contributed by atoms with Gasteiger partial charge in [-0.25, -0.2) is 17.9 Å². The van der Waals surface area contributed by atoms with Crippen molar-refractivity contribution in [2.24, 2.45) is 5.92 Å². The summed E-state index contributed by atoms with van der Waals surface area (Å²) >= 11 is 3.51. The van der Waals surface area contributed by atoms with Gasteiger partial charge in [0.2, 0.25) is 0 Å². The van der Waals surface area contributed by atoms with Crippen LogP contribution in [0, 0.1) is 18.7 Å². The van der Waals surface area contributed by atoms with Crippen LogP contribution in [-0.2, 0) is 11.0 Å². The van der Waals surface area contributed by atoms with Crippen LogP contribution in [0.3, 0.4) is 0 Å². The highest BCUT2D eigenvalue weighted by atomic mass is 79.9. The first-order chi connectivity index (χ1) is 16.9. The van der Waals surface area contributed by atoms with Crippen LogP contribution in [0.15, 0.2) is 64.1 Å². The summed E-state index contributed by atoms with van der Waals surface area (Å²) in [5.74, 6) is 0.779. The van der Waals surface area contributed by atoms with Gasteiger partial charge in [-0.2, -0.15) is 9.61 Å². The highest BCUT2D eigenvalue weighted by Gasteiger charge is 2.26. The molecule has 2 aromatic heterocycles. The Bertz CT molecular complexity index is 1410. The van der Waals surface area contributed by atoms with E-state index in [1.807, 2.05) is 29.4 Å². The molecule has 0 amide bonds. The number of aromatic nitrogens is 3. The fourth-order valence-electron chi connectivity index (χ4n) is 4.38. The average molecular weight is 558 g/mol. The molecular formula is C25H25BrFN5O2S. The van der Waals surface area contributed by atoms with Crippen molar-refractivity contribution in [2.45, 2.75) is 24.7 Å². The van der Waals surface area contributed by atoms with E-state index in [0.717, 1.165) is 28.7 Å². The molecule has 10 heteroatoms. The van der Waals surface area contributed by atoms with Crippen molar-refractivity contribution >= 4 is 38.4 Å². The molecule has 7 nitrogen and oxygen atoms in total. The van der Waals surface area contributed by atoms with Crippen LogP contribution in [0.5, 0.6) is 5.75 Å². The van der Waals surface area contributed by atoms with Crippen molar-refractivity contribution in [1.82, 2.24) is 18.9 Å². The minimum atomic E-state index is -1.41. The highest BCUT2D eigenvalue weighted by molar-refractivity contribution is 9.10. The van der Waals surface area contributed by atoms with Gasteiger partial charge in [-0.3, -0.25) is 0 Å². The van der Waals surface area contributed by atoms with Gasteiger partial charge in [0.25, 0.3) is 0 Å². The van der Waals surface area contributed by atoms with E-state index in [9.17, 15) is 13.7 Å². The molecule has 5 rings (SSSR count). The van der Waals surface area contributed by atoms with Gasteiger partial charge in [-0.15, -0.1) is 0 Å². The molecule has 1 saturated heterocycles. The van der Waals surface area contributed by atoms with Gasteiger partial charge in [-0.05, 0) is 71.4 Å². The molecule has 1 aliphatic heterocycles. The molecule has 0 radical (unpaired) electrons. The summed E-state index contributed by atoms with van der Waals surface area (Å²) in [6.45, 7) is 3.85. The number of fused-ring (bicyclic) bond motifs is 1. The Balaban J connectivity index is 1.36. The second-order valence-corrected chi connectivity index (χ2v) is 11.0. The van der Waals surface area contributed by atoms with Gasteiger partial charge >= 0.3 is 0 Å². The highest BCUT2D eigenvalue weighted by Crippen LogP contribution is 2.31. The summed E-state index contributed by atoms with van der Waals surface area (Å²) in [6.07, 6.45) is 3.59. The van der Waals surface area contributed by atoms with Gasteiger partial charge in [-0.1, -0.05) is 18.2 Å². The molecule has 0 aliphatic carbocycles. The number of aromatic hydroxyl groups is 1. The smallest absolute Gasteiger partial charge is 0.172 e. The zero-order chi connectivity index (χ0) is 24.5. The Morgan fingerprint density at radius 3 is 2.91 bits per heavy atom. The summed E-state index contributed by atoms with van der Waals surface area (Å²) < 4.78 is 31.4. The van der Waals surface area contributed by atoms with Crippen LogP contribution in [0.4, 0.5) is 10.2 Å². The molecule has 0 spiro atoms. The maximum absolute atomic E-state index is 13.8. The summed E-state index contributed by atoms with van der Waals surface area (Å²) in [4.78, 5) is 5.21. The number of aryl methyl sites for hydroxylation is 1. The van der Waals surface area contributed by atoms with Gasteiger partial charge < -0.3 is 10.4 Å². The number of piperidine rings is 1. The number of anilines is 1. The normalized spacial score (nSPS) is 17.5. The lowest BCUT2D eigenvalue weighted by molar-refractivity contribution is 0.286. The van der Waals surface area contributed by atoms with E-state index in [1.165, 1.54) is 12.1 Å². The van der Waals surface area contributed by atoms with E-state index in [4.69, 9.17) is 0 Å². The molecule has 2 atom stereocenters. The van der Waals surface area contributed by atoms with Gasteiger partial charge in [0.1, 0.15) is 28.4 Å². The minimum Gasteiger partial charge on any atom is -0.507 e. The number of benzene rings is 2. The number of para-hydroxylation sites is 1. The number of hydrogen-bond donors (Lipinski definition) is 2. The predicted molar refractivity (Wildman–Crippen MR) is 138 cm³/mol. The number of halogens is 2. The fraction of sp³-hybridized carbons (Fsp3) is 0.280. The molecule has 182 valence electrons. The van der Waals surface area contributed by atoms with Crippen LogP contribution in [0.1, 0.15) is 18.4 Å². The number of phenols is 1. The lowest BCUT2D eigenvalue weighted by Gasteiger charge is -2.32. The third-order valence-corrected chi connectivity index (χ3v) is 8.41. The topological polar surface area (TPSA) is 82.8 Å². The molecule has 1 fully saturated rings. The van der Waals surface area contributed by atoms with Crippen LogP contribution >= 0.6 is 15.9 Å². The second-order valence-electron chi connectivity index (χ2n) is 8.71. The average Bonchev–Trinajstić information content (AvgIpc) is 3.24. The van der Waals surface area contributed by atoms with Crippen LogP contribution < -0.4 is 5.32 Å². The minimum absolute atomic E-state index is 0.156. The van der Waals surface area contributed by atoms with Gasteiger partial charge in [0.05, 0.1) is 21.3 Å². The lowest BCUT2D eigenvalue weighted by atomic mass is 10.00. The van der Waals surface area contributed by atoms with Crippen molar-refractivity contribution in [3.05, 3.63) is 70.6 Å². The molecule has 3 heterocycles. The van der Waals surface area contributed by atoms with Crippen molar-refractivity contribution in [2.75, 3.05) is 25.0 Å². The quantitative estimate of drug-likeness (QED) is 0.342. The molecule has 2 unspecified atom stereocenters. The van der Waals surface area contributed by atoms with Crippen molar-refractivity contribution in [1.29, 1.82) is 0 Å². The van der Waals surface area contributed by atoms with Crippen molar-refractivity contribution < 1.29 is 13.7 Å². The number of hydrogen-bond acceptors (Lipinski definition) is 5. The first kappa shape index (κ1) is 23.9. The van der Waals surface area contributed by atoms with Crippen LogP contribution in [0.2, 0.25) is 0 Å². The number of rotatable bonds is 6. The predicted octanol–water partition coefficient (Wildman–Crippen LogP) is 5.16. The molecule has 2 N–H and O–H groups in total. The van der Waals surface area contributed by atoms with E-state index in [1.54, 1.807) is 28.9 Å². The number of phenolic OH excluding ortho intramolecular Hbond substituents is 1. The third kappa shape index (κ3) is 4.96. The SMILES string of the molecule is Cc1ccc(F)cc1S(=O)N1CCCC(CNc2cc(-c3ccccc3O)nc3c(Br)cnn23)C1. The van der Waals surface area contributed by atoms with Gasteiger partial charge in [0.15, 0.2) is 5.65 Å². The maximum Gasteiger partial charge on any atom is 0.172 e. The standard InChI is InChI=1S/C25H25BrFN5O2S/c1-16-8-9-18(27)11-23(16)35(34)31-10-4-5-17(15-31)13-28-24-12-21(19-6-2-3-7-22(19)33)30-25-20(26)14-29-32(24)25/h2-3,6-9,11-12,14,17,28,33H,4-5,10,13,15H2,1H3. The Kier molecular flexibility index (Phi) is 6.86. The number of nitrogens with one attached hydrogen (secondary N) is 1. The molecule has 35 heavy (non-hydrogen) atoms. The van der Waals surface area contributed by atoms with Crippen molar-refractivity contribution in [3.63, 3.8) is 0 Å². The first-order valence-electron chi connectivity index (χ1n) is 11.4. The van der Waals surface area contributed by atoms with E-state index in [2.05, 4.69) is 31.3 Å². The van der Waals surface area contributed by atoms with E-state index in [-0.39, 0.29) is 17.5 Å². The maximum atomic E-state index is 13.8. The molecule has 1 aliphatic rings. The van der Waals surface area contributed by atoms with E-state index in [0.29, 0.717) is 41.4 Å². The molecule has 0 bridgehead atoms. The van der Waals surface area contributed by atoms with E-state index >= 15 is 0 Å². The summed E-state index contributed by atoms with van der Waals surface area (Å²) in [6, 6.07) is 13.4. The summed E-state index contributed by atoms with van der Waals surface area (Å²) in [5, 5.41) is 18.3. The summed E-state index contributed by atoms with van der Waals surface area (Å²) in [7, 11) is -1.41. The lowest BCUT2D eigenvalue weighted by Crippen LogP contribution is -2.39. The molecule has 0 saturated carbocycles. The Labute approximate surface area is 213 Å². The Hall–Kier alpha value is -2.82. The number of nitrogens with zero attached hydrogens (tertiary/aromatic N) is 4. The van der Waals surface area contributed by atoms with E-state index < -0.39 is 11.0 Å². The zero-order valence-electron chi connectivity index (χ0n) is 19.1. The molecular weight excluding hydrogens is 533 g/mol. The van der Waals surface area contributed by atoms with Crippen molar-refractivity contribution in [3.8, 4) is 17.0 Å². The Morgan fingerprint density at radius 1 is 1.26 bits per heavy atom. The van der Waals surface area contributed by atoms with Crippen LogP contribution in [-0.4, -0.2) is 47.9 Å². The first-order valence-corrected chi connectivity index (χ1v) is 13.3. The fourth-order valence-corrected chi connectivity index (χ4v) is 6.21. The largest absolute Gasteiger partial charge is 0.507 e. The zero-order valence-corrected chi connectivity index (χ0v) is 21.5. The van der Waals surface area contributed by atoms with Crippen LogP contribution in [0.25, 0.3) is 16.9 Å². The monoisotopic (exact) mass is 557 g/mol. The molecule has 4 aromatic rings.